The van der Waals surface area contributed by atoms with E-state index in [1.165, 1.54) is 18.2 Å². The van der Waals surface area contributed by atoms with Crippen molar-refractivity contribution < 1.29 is 8.78 Å². The largest absolute Gasteiger partial charge is 0.396 e. The van der Waals surface area contributed by atoms with Crippen LogP contribution in [0.15, 0.2) is 106 Å². The fraction of sp³-hybridized carbons (Fsp3) is 0.0769. The number of halogens is 4. The van der Waals surface area contributed by atoms with Crippen LogP contribution in [0.4, 0.5) is 20.2 Å². The van der Waals surface area contributed by atoms with Crippen molar-refractivity contribution in [3.05, 3.63) is 129 Å². The molecule has 32 heavy (non-hydrogen) atoms. The number of hydrogen-bond acceptors (Lipinski definition) is 2. The number of anilines is 2. The minimum Gasteiger partial charge on any atom is -0.396 e. The summed E-state index contributed by atoms with van der Waals surface area (Å²) < 4.78 is 28.4. The first-order chi connectivity index (χ1) is 15.4. The molecular weight excluding hydrogens is 538 g/mol. The molecule has 6 heteroatoms. The molecule has 4 aromatic carbocycles. The molecule has 0 saturated heterocycles. The number of hydrogen-bond donors (Lipinski definition) is 1. The minimum atomic E-state index is -0.385. The third kappa shape index (κ3) is 7.18. The third-order valence-electron chi connectivity index (χ3n) is 4.64. The highest BCUT2D eigenvalue weighted by Gasteiger charge is 2.13. The third-order valence-corrected chi connectivity index (χ3v) is 5.63. The lowest BCUT2D eigenvalue weighted by Crippen LogP contribution is -2.23. The predicted octanol–water partition coefficient (Wildman–Crippen LogP) is 7.97. The highest BCUT2D eigenvalue weighted by atomic mass is 79.9. The molecule has 164 valence electrons. The second-order valence-electron chi connectivity index (χ2n) is 7.09. The molecule has 0 aliphatic carbocycles. The Hall–Kier alpha value is -2.70. The lowest BCUT2D eigenvalue weighted by molar-refractivity contribution is 0.615. The summed E-state index contributed by atoms with van der Waals surface area (Å²) in [4.78, 5) is 2.06. The highest BCUT2D eigenvalue weighted by Crippen LogP contribution is 2.27. The molecule has 0 bridgehead atoms. The number of nitrogens with two attached hydrogens (primary N) is 1. The Morgan fingerprint density at radius 1 is 0.625 bits per heavy atom. The molecule has 4 aromatic rings. The number of nitrogens with zero attached hydrogens (tertiary/aromatic N) is 1. The monoisotopic (exact) mass is 558 g/mol. The maximum absolute atomic E-state index is 14.4. The van der Waals surface area contributed by atoms with Crippen LogP contribution in [0.5, 0.6) is 0 Å². The van der Waals surface area contributed by atoms with Crippen LogP contribution < -0.4 is 10.6 Å². The van der Waals surface area contributed by atoms with E-state index in [2.05, 4.69) is 61.0 Å². The number of benzene rings is 4. The van der Waals surface area contributed by atoms with Gasteiger partial charge in [-0.15, -0.1) is 0 Å². The average molecular weight is 560 g/mol. The van der Waals surface area contributed by atoms with Crippen molar-refractivity contribution in [2.75, 3.05) is 10.6 Å². The molecule has 0 amide bonds. The summed E-state index contributed by atoms with van der Waals surface area (Å²) in [6.45, 7) is 1.31. The molecule has 0 fully saturated rings. The summed E-state index contributed by atoms with van der Waals surface area (Å²) in [5.41, 5.74) is 8.29. The van der Waals surface area contributed by atoms with Crippen LogP contribution in [0.3, 0.4) is 0 Å². The van der Waals surface area contributed by atoms with Crippen molar-refractivity contribution in [3.8, 4) is 0 Å². The summed E-state index contributed by atoms with van der Waals surface area (Å²) in [7, 11) is 0. The van der Waals surface area contributed by atoms with Crippen molar-refractivity contribution in [2.24, 2.45) is 0 Å². The van der Waals surface area contributed by atoms with E-state index in [9.17, 15) is 8.78 Å². The summed E-state index contributed by atoms with van der Waals surface area (Å²) >= 11 is 6.54. The van der Waals surface area contributed by atoms with Crippen LogP contribution >= 0.6 is 31.9 Å². The highest BCUT2D eigenvalue weighted by molar-refractivity contribution is 9.10. The maximum Gasteiger partial charge on any atom is 0.147 e. The van der Waals surface area contributed by atoms with Gasteiger partial charge in [0, 0.05) is 22.0 Å². The summed E-state index contributed by atoms with van der Waals surface area (Å²) in [5, 5.41) is 0. The lowest BCUT2D eigenvalue weighted by Gasteiger charge is -2.26. The average Bonchev–Trinajstić information content (AvgIpc) is 2.80. The van der Waals surface area contributed by atoms with E-state index in [0.717, 1.165) is 15.6 Å². The van der Waals surface area contributed by atoms with Gasteiger partial charge in [0.2, 0.25) is 0 Å². The Balaban J connectivity index is 0.000000269. The molecule has 2 nitrogen and oxygen atoms in total. The second kappa shape index (κ2) is 11.8. The molecule has 0 heterocycles. The quantitative estimate of drug-likeness (QED) is 0.251. The van der Waals surface area contributed by atoms with Crippen molar-refractivity contribution in [1.82, 2.24) is 0 Å². The smallest absolute Gasteiger partial charge is 0.147 e. The van der Waals surface area contributed by atoms with Crippen molar-refractivity contribution in [3.63, 3.8) is 0 Å². The Labute approximate surface area is 204 Å². The predicted molar refractivity (Wildman–Crippen MR) is 135 cm³/mol. The van der Waals surface area contributed by atoms with Gasteiger partial charge in [0.1, 0.15) is 11.6 Å². The first-order valence-electron chi connectivity index (χ1n) is 9.91. The van der Waals surface area contributed by atoms with Crippen LogP contribution in [0.1, 0.15) is 11.1 Å². The van der Waals surface area contributed by atoms with E-state index in [1.54, 1.807) is 12.1 Å². The Kier molecular flexibility index (Phi) is 8.82. The van der Waals surface area contributed by atoms with Gasteiger partial charge in [-0.05, 0) is 47.5 Å². The van der Waals surface area contributed by atoms with Gasteiger partial charge >= 0.3 is 0 Å². The molecule has 2 N–H and O–H groups in total. The van der Waals surface area contributed by atoms with E-state index in [1.807, 2.05) is 42.5 Å². The van der Waals surface area contributed by atoms with E-state index in [-0.39, 0.29) is 17.3 Å². The fourth-order valence-corrected chi connectivity index (χ4v) is 3.75. The van der Waals surface area contributed by atoms with Crippen molar-refractivity contribution >= 4 is 43.2 Å². The summed E-state index contributed by atoms with van der Waals surface area (Å²) in [5.74, 6) is -0.593. The van der Waals surface area contributed by atoms with Crippen LogP contribution in [-0.2, 0) is 13.1 Å². The molecule has 0 radical (unpaired) electrons. The molecule has 0 saturated carbocycles. The Morgan fingerprint density at radius 2 is 1.12 bits per heavy atom. The topological polar surface area (TPSA) is 29.3 Å². The van der Waals surface area contributed by atoms with Crippen LogP contribution in [0.2, 0.25) is 0 Å². The Morgan fingerprint density at radius 3 is 1.62 bits per heavy atom. The SMILES string of the molecule is Fc1ccc(Br)cc1N(Cc1ccccc1)Cc1ccccc1.Nc1ccc(Br)cc1F. The summed E-state index contributed by atoms with van der Waals surface area (Å²) in [6.07, 6.45) is 0. The molecule has 4 rings (SSSR count). The number of rotatable bonds is 5. The van der Waals surface area contributed by atoms with E-state index in [0.29, 0.717) is 23.2 Å². The van der Waals surface area contributed by atoms with E-state index in [4.69, 9.17) is 5.73 Å². The van der Waals surface area contributed by atoms with Crippen molar-refractivity contribution in [2.45, 2.75) is 13.1 Å². The molecule has 0 spiro atoms. The molecule has 0 aliphatic heterocycles. The number of nitrogen functional groups attached to an aromatic ring is 1. The van der Waals surface area contributed by atoms with Gasteiger partial charge in [0.15, 0.2) is 0 Å². The van der Waals surface area contributed by atoms with Crippen LogP contribution in [0, 0.1) is 11.6 Å². The van der Waals surface area contributed by atoms with Gasteiger partial charge in [-0.25, -0.2) is 8.78 Å². The van der Waals surface area contributed by atoms with Crippen LogP contribution in [0.25, 0.3) is 0 Å². The van der Waals surface area contributed by atoms with Gasteiger partial charge in [0.25, 0.3) is 0 Å². The lowest BCUT2D eigenvalue weighted by atomic mass is 10.1. The second-order valence-corrected chi connectivity index (χ2v) is 8.92. The van der Waals surface area contributed by atoms with Crippen LogP contribution in [-0.4, -0.2) is 0 Å². The van der Waals surface area contributed by atoms with Gasteiger partial charge in [-0.3, -0.25) is 0 Å². The summed E-state index contributed by atoms with van der Waals surface area (Å²) in [6, 6.07) is 29.9. The Bertz CT molecular complexity index is 1100. The first-order valence-corrected chi connectivity index (χ1v) is 11.5. The molecule has 0 aromatic heterocycles. The van der Waals surface area contributed by atoms with Gasteiger partial charge in [-0.2, -0.15) is 0 Å². The fourth-order valence-electron chi connectivity index (χ4n) is 3.06. The first kappa shape index (κ1) is 24.0. The maximum atomic E-state index is 14.4. The van der Waals surface area contributed by atoms with Gasteiger partial charge in [-0.1, -0.05) is 92.5 Å². The van der Waals surface area contributed by atoms with Gasteiger partial charge in [0.05, 0.1) is 11.4 Å². The molecule has 0 unspecified atom stereocenters. The molecule has 0 aliphatic rings. The zero-order valence-corrected chi connectivity index (χ0v) is 20.4. The van der Waals surface area contributed by atoms with Crippen molar-refractivity contribution in [1.29, 1.82) is 0 Å². The zero-order chi connectivity index (χ0) is 22.9. The zero-order valence-electron chi connectivity index (χ0n) is 17.2. The van der Waals surface area contributed by atoms with E-state index >= 15 is 0 Å². The van der Waals surface area contributed by atoms with E-state index < -0.39 is 0 Å². The molecule has 0 atom stereocenters. The van der Waals surface area contributed by atoms with Gasteiger partial charge < -0.3 is 10.6 Å². The molecular formula is C26H22Br2F2N2. The minimum absolute atomic E-state index is 0.179. The normalized spacial score (nSPS) is 10.2. The standard InChI is InChI=1S/C20H17BrFN.C6H5BrFN/c21-18-11-12-19(22)20(13-18)23(14-16-7-3-1-4-8-16)15-17-9-5-2-6-10-17;7-4-1-2-6(9)5(8)3-4/h1-13H,14-15H2;1-3H,9H2.